The van der Waals surface area contributed by atoms with Gasteiger partial charge in [0.2, 0.25) is 10.0 Å². The van der Waals surface area contributed by atoms with Crippen LogP contribution in [-0.4, -0.2) is 43.2 Å². The summed E-state index contributed by atoms with van der Waals surface area (Å²) in [6.07, 6.45) is 1.97. The molecule has 0 aliphatic carbocycles. The fraction of sp³-hybridized carbons (Fsp3) is 0.455. The Bertz CT molecular complexity index is 645. The van der Waals surface area contributed by atoms with Gasteiger partial charge in [0.25, 0.3) is 5.69 Å². The predicted molar refractivity (Wildman–Crippen MR) is 81.4 cm³/mol. The van der Waals surface area contributed by atoms with Gasteiger partial charge in [-0.25, -0.2) is 13.1 Å². The summed E-state index contributed by atoms with van der Waals surface area (Å²) in [5.74, 6) is 0.390. The molecule has 8 nitrogen and oxygen atoms in total. The summed E-state index contributed by atoms with van der Waals surface area (Å²) < 4.78 is 37.3. The quantitative estimate of drug-likeness (QED) is 0.410. The third-order valence-electron chi connectivity index (χ3n) is 2.65. The van der Waals surface area contributed by atoms with Gasteiger partial charge < -0.3 is 5.32 Å². The van der Waals surface area contributed by atoms with Gasteiger partial charge in [0, 0.05) is 42.5 Å². The zero-order valence-electron chi connectivity index (χ0n) is 11.7. The second-order valence-electron chi connectivity index (χ2n) is 4.21. The van der Waals surface area contributed by atoms with E-state index in [2.05, 4.69) is 10.0 Å². The molecule has 118 valence electrons. The van der Waals surface area contributed by atoms with Gasteiger partial charge in [-0.1, -0.05) is 0 Å². The van der Waals surface area contributed by atoms with E-state index in [1.807, 2.05) is 0 Å². The number of anilines is 1. The lowest BCUT2D eigenvalue weighted by Gasteiger charge is -2.08. The van der Waals surface area contributed by atoms with Crippen molar-refractivity contribution in [1.29, 1.82) is 0 Å². The molecule has 0 amide bonds. The number of benzene rings is 1. The molecule has 0 bridgehead atoms. The maximum atomic E-state index is 12.0. The van der Waals surface area contributed by atoms with E-state index < -0.39 is 25.7 Å². The molecule has 1 unspecified atom stereocenters. The smallest absolute Gasteiger partial charge is 0.293 e. The third kappa shape index (κ3) is 5.06. The van der Waals surface area contributed by atoms with Crippen molar-refractivity contribution in [2.75, 3.05) is 30.9 Å². The van der Waals surface area contributed by atoms with Crippen molar-refractivity contribution in [2.45, 2.75) is 11.3 Å². The molecule has 1 atom stereocenters. The lowest BCUT2D eigenvalue weighted by molar-refractivity contribution is -0.384. The van der Waals surface area contributed by atoms with Crippen LogP contribution in [0.1, 0.15) is 6.42 Å². The van der Waals surface area contributed by atoms with E-state index in [9.17, 15) is 22.7 Å². The zero-order valence-corrected chi connectivity index (χ0v) is 13.3. The van der Waals surface area contributed by atoms with Crippen LogP contribution in [0.4, 0.5) is 11.4 Å². The number of nitrogens with one attached hydrogen (secondary N) is 2. The van der Waals surface area contributed by atoms with Gasteiger partial charge in [0.15, 0.2) is 0 Å². The topological polar surface area (TPSA) is 118 Å². The average molecular weight is 335 g/mol. The van der Waals surface area contributed by atoms with Crippen LogP contribution in [0, 0.1) is 10.1 Å². The largest absolute Gasteiger partial charge is 0.383 e. The highest BCUT2D eigenvalue weighted by Gasteiger charge is 2.20. The normalized spacial score (nSPS) is 12.9. The minimum absolute atomic E-state index is 0.128. The summed E-state index contributed by atoms with van der Waals surface area (Å²) in [6, 6.07) is 3.64. The summed E-state index contributed by atoms with van der Waals surface area (Å²) in [6.45, 7) is 0.128. The highest BCUT2D eigenvalue weighted by molar-refractivity contribution is 7.89. The molecule has 1 aromatic rings. The van der Waals surface area contributed by atoms with E-state index >= 15 is 0 Å². The number of sulfonamides is 1. The first kappa shape index (κ1) is 17.5. The van der Waals surface area contributed by atoms with Gasteiger partial charge in [-0.05, 0) is 18.6 Å². The summed E-state index contributed by atoms with van der Waals surface area (Å²) in [5.41, 5.74) is -0.0737. The van der Waals surface area contributed by atoms with Crippen molar-refractivity contribution in [3.05, 3.63) is 28.3 Å². The zero-order chi connectivity index (χ0) is 16.0. The van der Waals surface area contributed by atoms with Crippen LogP contribution in [0.25, 0.3) is 0 Å². The Morgan fingerprint density at radius 3 is 2.57 bits per heavy atom. The minimum atomic E-state index is -3.82. The molecule has 0 aliphatic rings. The van der Waals surface area contributed by atoms with E-state index in [0.29, 0.717) is 12.2 Å². The Hall–Kier alpha value is -1.52. The van der Waals surface area contributed by atoms with Crippen LogP contribution >= 0.6 is 0 Å². The Balaban J connectivity index is 2.90. The van der Waals surface area contributed by atoms with E-state index in [1.165, 1.54) is 25.4 Å². The standard InChI is InChI=1S/C11H17N3O5S2/c1-12-10-5-4-9(8-11(10)14(15)16)21(18,19)13-6-3-7-20(2)17/h4-5,8,12-13H,3,6-7H2,1-2H3. The van der Waals surface area contributed by atoms with Crippen LogP contribution in [-0.2, 0) is 20.8 Å². The molecule has 1 aromatic carbocycles. The molecule has 10 heteroatoms. The third-order valence-corrected chi connectivity index (χ3v) is 4.97. The van der Waals surface area contributed by atoms with Gasteiger partial charge in [0.05, 0.1) is 9.82 Å². The molecule has 0 heterocycles. The van der Waals surface area contributed by atoms with E-state index in [0.717, 1.165) is 6.07 Å². The van der Waals surface area contributed by atoms with Crippen molar-refractivity contribution in [2.24, 2.45) is 0 Å². The van der Waals surface area contributed by atoms with Crippen LogP contribution in [0.15, 0.2) is 23.1 Å². The molecule has 0 spiro atoms. The van der Waals surface area contributed by atoms with Gasteiger partial charge >= 0.3 is 0 Å². The van der Waals surface area contributed by atoms with E-state index in [4.69, 9.17) is 0 Å². The van der Waals surface area contributed by atoms with Crippen molar-refractivity contribution < 1.29 is 17.6 Å². The van der Waals surface area contributed by atoms with Crippen molar-refractivity contribution in [3.63, 3.8) is 0 Å². The molecule has 21 heavy (non-hydrogen) atoms. The molecule has 1 rings (SSSR count). The number of rotatable bonds is 8. The SMILES string of the molecule is CNc1ccc(S(=O)(=O)NCCCS(C)=O)cc1[N+](=O)[O-]. The molecule has 0 aromatic heterocycles. The molecule has 0 saturated heterocycles. The Morgan fingerprint density at radius 2 is 2.05 bits per heavy atom. The summed E-state index contributed by atoms with van der Waals surface area (Å²) in [5, 5.41) is 13.5. The number of nitro benzene ring substituents is 1. The Labute approximate surface area is 125 Å². The van der Waals surface area contributed by atoms with Gasteiger partial charge in [0.1, 0.15) is 5.69 Å². The first-order valence-corrected chi connectivity index (χ1v) is 9.25. The number of nitro groups is 1. The van der Waals surface area contributed by atoms with Crippen LogP contribution in [0.2, 0.25) is 0 Å². The fourth-order valence-corrected chi connectivity index (χ4v) is 3.25. The summed E-state index contributed by atoms with van der Waals surface area (Å²) in [4.78, 5) is 10.1. The average Bonchev–Trinajstić information content (AvgIpc) is 2.42. The van der Waals surface area contributed by atoms with Crippen molar-refractivity contribution in [1.82, 2.24) is 4.72 Å². The summed E-state index contributed by atoms with van der Waals surface area (Å²) in [7, 11) is -3.29. The second kappa shape index (κ2) is 7.48. The molecule has 0 saturated carbocycles. The van der Waals surface area contributed by atoms with Crippen molar-refractivity contribution in [3.8, 4) is 0 Å². The van der Waals surface area contributed by atoms with Crippen LogP contribution in [0.5, 0.6) is 0 Å². The number of nitrogens with zero attached hydrogens (tertiary/aromatic N) is 1. The molecular weight excluding hydrogens is 318 g/mol. The maximum Gasteiger partial charge on any atom is 0.293 e. The molecular formula is C11H17N3O5S2. The second-order valence-corrected chi connectivity index (χ2v) is 7.54. The Morgan fingerprint density at radius 1 is 1.38 bits per heavy atom. The fourth-order valence-electron chi connectivity index (χ4n) is 1.61. The van der Waals surface area contributed by atoms with Crippen LogP contribution < -0.4 is 10.0 Å². The monoisotopic (exact) mass is 335 g/mol. The Kier molecular flexibility index (Phi) is 6.24. The highest BCUT2D eigenvalue weighted by atomic mass is 32.2. The van der Waals surface area contributed by atoms with Crippen LogP contribution in [0.3, 0.4) is 0 Å². The maximum absolute atomic E-state index is 12.0. The lowest BCUT2D eigenvalue weighted by atomic mass is 10.3. The first-order chi connectivity index (χ1) is 9.77. The van der Waals surface area contributed by atoms with Gasteiger partial charge in [-0.3, -0.25) is 14.3 Å². The molecule has 2 N–H and O–H groups in total. The molecule has 0 aliphatic heterocycles. The lowest BCUT2D eigenvalue weighted by Crippen LogP contribution is -2.25. The molecule has 0 radical (unpaired) electrons. The molecule has 0 fully saturated rings. The summed E-state index contributed by atoms with van der Waals surface area (Å²) >= 11 is 0. The predicted octanol–water partition coefficient (Wildman–Crippen LogP) is 0.683. The van der Waals surface area contributed by atoms with Crippen molar-refractivity contribution >= 4 is 32.2 Å². The highest BCUT2D eigenvalue weighted by Crippen LogP contribution is 2.26. The number of hydrogen-bond acceptors (Lipinski definition) is 6. The van der Waals surface area contributed by atoms with E-state index in [-0.39, 0.29) is 22.8 Å². The van der Waals surface area contributed by atoms with Gasteiger partial charge in [-0.2, -0.15) is 0 Å². The minimum Gasteiger partial charge on any atom is -0.383 e. The first-order valence-electron chi connectivity index (χ1n) is 6.04. The number of hydrogen-bond donors (Lipinski definition) is 2. The van der Waals surface area contributed by atoms with Gasteiger partial charge in [-0.15, -0.1) is 0 Å². The van der Waals surface area contributed by atoms with E-state index in [1.54, 1.807) is 0 Å².